The number of ether oxygens (including phenoxy) is 2. The number of allylic oxidation sites excluding steroid dienone is 8. The normalized spacial score (nSPS) is 13.1. The predicted molar refractivity (Wildman–Crippen MR) is 444 cm³/mol. The Kier molecular flexibility index (Phi) is 81.4. The largest absolute Gasteiger partial charge is 0.756 e. The average Bonchev–Trinajstić information content (AvgIpc) is 0.914. The Hall–Kier alpha value is -2.03. The van der Waals surface area contributed by atoms with E-state index >= 15 is 0 Å². The van der Waals surface area contributed by atoms with Crippen molar-refractivity contribution in [1.29, 1.82) is 0 Å². The van der Waals surface area contributed by atoms with Gasteiger partial charge in [-0.15, -0.1) is 0 Å². The lowest BCUT2D eigenvalue weighted by Gasteiger charge is -2.28. The van der Waals surface area contributed by atoms with Crippen molar-refractivity contribution in [1.82, 2.24) is 0 Å². The molecule has 10 heteroatoms. The second-order valence-corrected chi connectivity index (χ2v) is 33.7. The summed E-state index contributed by atoms with van der Waals surface area (Å²) in [5.41, 5.74) is 0. The number of unbranched alkanes of at least 4 members (excludes halogenated alkanes) is 64. The lowest BCUT2D eigenvalue weighted by Crippen LogP contribution is -2.37. The summed E-state index contributed by atoms with van der Waals surface area (Å²) in [6.45, 7) is 4.32. The third kappa shape index (κ3) is 86.9. The van der Waals surface area contributed by atoms with E-state index < -0.39 is 26.5 Å². The van der Waals surface area contributed by atoms with Gasteiger partial charge in [-0.3, -0.25) is 14.2 Å². The van der Waals surface area contributed by atoms with E-state index in [1.807, 2.05) is 21.1 Å². The monoisotopic (exact) mass is 1450 g/mol. The first-order chi connectivity index (χ1) is 50.0. The Bertz CT molecular complexity index is 1860. The molecule has 0 aliphatic heterocycles. The maximum atomic E-state index is 12.9. The second-order valence-electron chi connectivity index (χ2n) is 32.3. The molecular weight excluding hydrogens is 1280 g/mol. The highest BCUT2D eigenvalue weighted by molar-refractivity contribution is 7.45. The molecule has 0 spiro atoms. The molecule has 0 heterocycles. The van der Waals surface area contributed by atoms with Crippen LogP contribution in [0.1, 0.15) is 476 Å². The van der Waals surface area contributed by atoms with Crippen LogP contribution in [-0.2, 0) is 32.7 Å². The molecule has 2 unspecified atom stereocenters. The number of carbonyl (C=O) groups is 2. The zero-order valence-corrected chi connectivity index (χ0v) is 70.0. The number of phosphoric acid groups is 1. The third-order valence-corrected chi connectivity index (χ3v) is 21.8. The topological polar surface area (TPSA) is 111 Å². The number of phosphoric ester groups is 1. The van der Waals surface area contributed by atoms with Crippen molar-refractivity contribution < 1.29 is 42.1 Å². The van der Waals surface area contributed by atoms with Crippen LogP contribution in [-0.4, -0.2) is 70.0 Å². The summed E-state index contributed by atoms with van der Waals surface area (Å²) in [5.74, 6) is -0.804. The number of esters is 2. The first-order valence-electron chi connectivity index (χ1n) is 45.3. The standard InChI is InChI=1S/C92H176NO8P/c1-6-8-10-12-14-16-18-20-22-24-26-28-30-32-34-36-38-40-42-44-46-48-50-52-54-56-58-60-62-64-66-68-70-72-74-76-78-80-82-84-91(94)98-88-90(89-100-102(96,97)99-87-86-93(3,4)5)101-92(95)85-83-81-79-77-75-73-71-69-67-65-63-61-59-57-55-53-51-49-47-45-43-41-39-37-35-33-31-29-27-25-23-21-19-17-15-13-11-9-7-2/h19,21,24-27,31,33,90H,6-18,20,22-23,28-30,32,34-89H2,1-5H3/b21-19-,26-24-,27-25-,33-31-. The fourth-order valence-electron chi connectivity index (χ4n) is 13.9. The molecule has 102 heavy (non-hydrogen) atoms. The van der Waals surface area contributed by atoms with Gasteiger partial charge in [0.2, 0.25) is 0 Å². The summed E-state index contributed by atoms with van der Waals surface area (Å²) in [4.78, 5) is 38.3. The Morgan fingerprint density at radius 3 is 0.794 bits per heavy atom. The molecule has 2 atom stereocenters. The maximum Gasteiger partial charge on any atom is 0.306 e. The molecule has 0 bridgehead atoms. The molecule has 0 aliphatic rings. The summed E-state index contributed by atoms with van der Waals surface area (Å²) in [6.07, 6.45) is 111. The molecule has 0 aliphatic carbocycles. The van der Waals surface area contributed by atoms with Crippen molar-refractivity contribution in [2.75, 3.05) is 47.5 Å². The van der Waals surface area contributed by atoms with Crippen LogP contribution in [0.25, 0.3) is 0 Å². The number of hydrogen-bond acceptors (Lipinski definition) is 8. The van der Waals surface area contributed by atoms with Crippen molar-refractivity contribution in [2.45, 2.75) is 482 Å². The SMILES string of the molecule is CCCCCCC/C=C\C/C=C\C/C=C\CCCCCCCCCCCCCCCCCCCCCCCCCCC(=O)OC(COC(=O)CCCCCCCCCCCCCCCCCCCCCCCCCCCCC/C=C\CCCCCCCCCC)COP(=O)([O-])OCC[N+](C)(C)C. The van der Waals surface area contributed by atoms with Gasteiger partial charge in [0.05, 0.1) is 27.7 Å². The Balaban J connectivity index is 3.84. The van der Waals surface area contributed by atoms with E-state index in [2.05, 4.69) is 62.5 Å². The summed E-state index contributed by atoms with van der Waals surface area (Å²) < 4.78 is 34.5. The van der Waals surface area contributed by atoms with Crippen molar-refractivity contribution in [3.63, 3.8) is 0 Å². The fourth-order valence-corrected chi connectivity index (χ4v) is 14.6. The molecule has 0 fully saturated rings. The average molecular weight is 1460 g/mol. The molecular formula is C92H176NO8P. The van der Waals surface area contributed by atoms with Gasteiger partial charge in [-0.1, -0.05) is 435 Å². The first-order valence-corrected chi connectivity index (χ1v) is 46.8. The fraction of sp³-hybridized carbons (Fsp3) is 0.891. The molecule has 0 aromatic carbocycles. The van der Waals surface area contributed by atoms with E-state index in [1.165, 1.54) is 398 Å². The maximum absolute atomic E-state index is 12.9. The van der Waals surface area contributed by atoms with Crippen molar-refractivity contribution in [3.05, 3.63) is 48.6 Å². The molecule has 0 N–H and O–H groups in total. The van der Waals surface area contributed by atoms with E-state index in [0.717, 1.165) is 44.9 Å². The Labute approximate surface area is 636 Å². The van der Waals surface area contributed by atoms with Gasteiger partial charge in [-0.05, 0) is 77.0 Å². The quantitative estimate of drug-likeness (QED) is 0.0195. The molecule has 9 nitrogen and oxygen atoms in total. The highest BCUT2D eigenvalue weighted by Crippen LogP contribution is 2.38. The highest BCUT2D eigenvalue weighted by Gasteiger charge is 2.22. The third-order valence-electron chi connectivity index (χ3n) is 20.8. The van der Waals surface area contributed by atoms with Crippen LogP contribution < -0.4 is 4.89 Å². The van der Waals surface area contributed by atoms with E-state index in [4.69, 9.17) is 18.5 Å². The first kappa shape index (κ1) is 100.0. The van der Waals surface area contributed by atoms with Gasteiger partial charge < -0.3 is 27.9 Å². The lowest BCUT2D eigenvalue weighted by molar-refractivity contribution is -0.870. The van der Waals surface area contributed by atoms with Crippen molar-refractivity contribution in [2.24, 2.45) is 0 Å². The van der Waals surface area contributed by atoms with Crippen molar-refractivity contribution >= 4 is 19.8 Å². The lowest BCUT2D eigenvalue weighted by atomic mass is 10.0. The van der Waals surface area contributed by atoms with Crippen LogP contribution >= 0.6 is 7.82 Å². The van der Waals surface area contributed by atoms with E-state index in [9.17, 15) is 19.0 Å². The summed E-state index contributed by atoms with van der Waals surface area (Å²) in [5, 5.41) is 0. The molecule has 0 radical (unpaired) electrons. The van der Waals surface area contributed by atoms with Gasteiger partial charge in [0.15, 0.2) is 6.10 Å². The number of carbonyl (C=O) groups excluding carboxylic acids is 2. The number of quaternary nitrogens is 1. The summed E-state index contributed by atoms with van der Waals surface area (Å²) >= 11 is 0. The van der Waals surface area contributed by atoms with Crippen LogP contribution in [0.5, 0.6) is 0 Å². The van der Waals surface area contributed by atoms with Crippen molar-refractivity contribution in [3.8, 4) is 0 Å². The minimum Gasteiger partial charge on any atom is -0.756 e. The number of nitrogens with zero attached hydrogens (tertiary/aromatic N) is 1. The zero-order chi connectivity index (χ0) is 74.0. The van der Waals surface area contributed by atoms with E-state index in [0.29, 0.717) is 17.4 Å². The minimum atomic E-state index is -4.65. The van der Waals surface area contributed by atoms with Crippen LogP contribution in [0.4, 0.5) is 0 Å². The Morgan fingerprint density at radius 2 is 0.529 bits per heavy atom. The molecule has 602 valence electrons. The smallest absolute Gasteiger partial charge is 0.306 e. The molecule has 0 saturated heterocycles. The van der Waals surface area contributed by atoms with E-state index in [1.54, 1.807) is 0 Å². The van der Waals surface area contributed by atoms with Gasteiger partial charge in [-0.25, -0.2) is 0 Å². The van der Waals surface area contributed by atoms with Crippen LogP contribution in [0.15, 0.2) is 48.6 Å². The minimum absolute atomic E-state index is 0.0272. The number of likely N-dealkylation sites (N-methyl/N-ethyl adjacent to an activating group) is 1. The second kappa shape index (κ2) is 83.0. The Morgan fingerprint density at radius 1 is 0.304 bits per heavy atom. The van der Waals surface area contributed by atoms with Gasteiger partial charge >= 0.3 is 11.9 Å². The molecule has 0 saturated carbocycles. The number of hydrogen-bond donors (Lipinski definition) is 0. The van der Waals surface area contributed by atoms with Crippen LogP contribution in [0.3, 0.4) is 0 Å². The number of rotatable bonds is 86. The summed E-state index contributed by atoms with van der Waals surface area (Å²) in [6, 6.07) is 0. The van der Waals surface area contributed by atoms with Crippen LogP contribution in [0.2, 0.25) is 0 Å². The van der Waals surface area contributed by atoms with Gasteiger partial charge in [0.25, 0.3) is 7.82 Å². The van der Waals surface area contributed by atoms with Gasteiger partial charge in [0.1, 0.15) is 19.8 Å². The summed E-state index contributed by atoms with van der Waals surface area (Å²) in [7, 11) is 1.19. The van der Waals surface area contributed by atoms with Crippen LogP contribution in [0, 0.1) is 0 Å². The highest BCUT2D eigenvalue weighted by atomic mass is 31.2. The predicted octanol–water partition coefficient (Wildman–Crippen LogP) is 30.0. The molecule has 0 amide bonds. The molecule has 0 rings (SSSR count). The zero-order valence-electron chi connectivity index (χ0n) is 69.1. The van der Waals surface area contributed by atoms with Gasteiger partial charge in [-0.2, -0.15) is 0 Å². The molecule has 0 aromatic heterocycles. The van der Waals surface area contributed by atoms with E-state index in [-0.39, 0.29) is 32.0 Å². The molecule has 0 aromatic rings. The van der Waals surface area contributed by atoms with Gasteiger partial charge in [0, 0.05) is 12.8 Å².